The standard InChI is InChI=1S/C27H31N3O4S/c1-17(2)23-14-22(23)16-27(35(31,32)30-25-18(3)19(4)29-34-25)15-21(26-28-12-13-33-26)10-11-24(27)20-8-6-5-7-9-20/h5-13,17,22-23,30H,14-16H2,1-4H3/t22-,23+,27?/m0/s1. The van der Waals surface area contributed by atoms with Crippen LogP contribution in [0.4, 0.5) is 5.88 Å². The molecule has 0 spiro atoms. The van der Waals surface area contributed by atoms with Crippen LogP contribution in [0.25, 0.3) is 11.1 Å². The lowest BCUT2D eigenvalue weighted by Crippen LogP contribution is -2.45. The first kappa shape index (κ1) is 23.6. The van der Waals surface area contributed by atoms with Crippen molar-refractivity contribution in [3.05, 3.63) is 77.7 Å². The predicted octanol–water partition coefficient (Wildman–Crippen LogP) is 6.01. The van der Waals surface area contributed by atoms with Gasteiger partial charge in [0.15, 0.2) is 0 Å². The van der Waals surface area contributed by atoms with Crippen molar-refractivity contribution in [2.24, 2.45) is 17.8 Å². The molecule has 2 heterocycles. The summed E-state index contributed by atoms with van der Waals surface area (Å²) in [6.07, 6.45) is 8.71. The highest BCUT2D eigenvalue weighted by Gasteiger charge is 2.55. The molecular weight excluding hydrogens is 462 g/mol. The minimum atomic E-state index is -3.99. The van der Waals surface area contributed by atoms with E-state index in [9.17, 15) is 8.42 Å². The van der Waals surface area contributed by atoms with Gasteiger partial charge in [-0.05, 0) is 55.6 Å². The van der Waals surface area contributed by atoms with Crippen LogP contribution in [0.1, 0.15) is 55.8 Å². The molecule has 7 nitrogen and oxygen atoms in total. The summed E-state index contributed by atoms with van der Waals surface area (Å²) in [6, 6.07) is 9.75. The van der Waals surface area contributed by atoms with Gasteiger partial charge in [0.25, 0.3) is 0 Å². The Labute approximate surface area is 206 Å². The Morgan fingerprint density at radius 3 is 2.54 bits per heavy atom. The molecule has 8 heteroatoms. The van der Waals surface area contributed by atoms with Crippen LogP contribution < -0.4 is 4.72 Å². The van der Waals surface area contributed by atoms with E-state index in [1.54, 1.807) is 20.0 Å². The van der Waals surface area contributed by atoms with Gasteiger partial charge >= 0.3 is 0 Å². The van der Waals surface area contributed by atoms with Gasteiger partial charge < -0.3 is 8.94 Å². The predicted molar refractivity (Wildman–Crippen MR) is 136 cm³/mol. The Morgan fingerprint density at radius 2 is 1.94 bits per heavy atom. The van der Waals surface area contributed by atoms with E-state index < -0.39 is 14.8 Å². The number of aryl methyl sites for hydroxylation is 1. The van der Waals surface area contributed by atoms with E-state index in [-0.39, 0.29) is 12.3 Å². The van der Waals surface area contributed by atoms with E-state index in [2.05, 4.69) is 28.7 Å². The van der Waals surface area contributed by atoms with E-state index in [0.29, 0.717) is 41.3 Å². The van der Waals surface area contributed by atoms with Crippen LogP contribution in [0.15, 0.2) is 63.9 Å². The quantitative estimate of drug-likeness (QED) is 0.412. The molecule has 1 saturated carbocycles. The summed E-state index contributed by atoms with van der Waals surface area (Å²) in [5.41, 5.74) is 3.74. The van der Waals surface area contributed by atoms with E-state index in [0.717, 1.165) is 23.1 Å². The van der Waals surface area contributed by atoms with Crippen LogP contribution >= 0.6 is 0 Å². The van der Waals surface area contributed by atoms with Crippen molar-refractivity contribution in [3.8, 4) is 0 Å². The zero-order valence-corrected chi connectivity index (χ0v) is 21.3. The maximum absolute atomic E-state index is 14.5. The zero-order valence-electron chi connectivity index (χ0n) is 20.5. The second kappa shape index (κ2) is 8.82. The fraction of sp³-hybridized carbons (Fsp3) is 0.407. The van der Waals surface area contributed by atoms with E-state index in [1.807, 2.05) is 42.5 Å². The van der Waals surface area contributed by atoms with Crippen LogP contribution in [-0.4, -0.2) is 23.3 Å². The Kier molecular flexibility index (Phi) is 5.95. The summed E-state index contributed by atoms with van der Waals surface area (Å²) in [6.45, 7) is 8.01. The van der Waals surface area contributed by atoms with Crippen molar-refractivity contribution in [3.63, 3.8) is 0 Å². The number of oxazole rings is 1. The van der Waals surface area contributed by atoms with Crippen LogP contribution in [0.3, 0.4) is 0 Å². The largest absolute Gasteiger partial charge is 0.445 e. The third-order valence-electron chi connectivity index (χ3n) is 7.53. The molecule has 0 saturated heterocycles. The number of anilines is 1. The van der Waals surface area contributed by atoms with Gasteiger partial charge in [-0.1, -0.05) is 61.5 Å². The highest BCUT2D eigenvalue weighted by Crippen LogP contribution is 2.56. The maximum Gasteiger partial charge on any atom is 0.245 e. The molecule has 0 bridgehead atoms. The first-order chi connectivity index (χ1) is 16.7. The summed E-state index contributed by atoms with van der Waals surface area (Å²) >= 11 is 0. The lowest BCUT2D eigenvalue weighted by atomic mass is 9.78. The Balaban J connectivity index is 1.66. The first-order valence-corrected chi connectivity index (χ1v) is 13.5. The van der Waals surface area contributed by atoms with Crippen molar-refractivity contribution in [1.82, 2.24) is 10.1 Å². The summed E-state index contributed by atoms with van der Waals surface area (Å²) in [5.74, 6) is 1.92. The topological polar surface area (TPSA) is 98.2 Å². The number of allylic oxidation sites excluding steroid dienone is 3. The molecule has 3 atom stereocenters. The van der Waals surface area contributed by atoms with E-state index in [1.165, 1.54) is 6.26 Å². The highest BCUT2D eigenvalue weighted by atomic mass is 32.2. The second-order valence-corrected chi connectivity index (χ2v) is 12.1. The molecule has 1 aromatic carbocycles. The third kappa shape index (κ3) is 4.24. The molecule has 0 amide bonds. The molecule has 2 aliphatic rings. The van der Waals surface area contributed by atoms with E-state index >= 15 is 0 Å². The molecule has 0 aliphatic heterocycles. The van der Waals surface area contributed by atoms with Gasteiger partial charge in [0, 0.05) is 17.6 Å². The normalized spacial score (nSPS) is 24.3. The van der Waals surface area contributed by atoms with Crippen molar-refractivity contribution in [2.45, 2.75) is 51.7 Å². The van der Waals surface area contributed by atoms with Gasteiger partial charge in [-0.3, -0.25) is 0 Å². The molecule has 35 heavy (non-hydrogen) atoms. The van der Waals surface area contributed by atoms with Gasteiger partial charge in [0.1, 0.15) is 11.0 Å². The zero-order chi connectivity index (χ0) is 24.8. The number of hydrogen-bond donors (Lipinski definition) is 1. The Morgan fingerprint density at radius 1 is 1.17 bits per heavy atom. The van der Waals surface area contributed by atoms with Gasteiger partial charge in [-0.2, -0.15) is 0 Å². The lowest BCUT2D eigenvalue weighted by Gasteiger charge is -2.38. The molecule has 184 valence electrons. The minimum Gasteiger partial charge on any atom is -0.445 e. The summed E-state index contributed by atoms with van der Waals surface area (Å²) in [4.78, 5) is 4.32. The summed E-state index contributed by atoms with van der Waals surface area (Å²) < 4.78 is 41.4. The number of benzene rings is 1. The molecule has 1 N–H and O–H groups in total. The Bertz CT molecular complexity index is 1370. The molecule has 2 aromatic heterocycles. The number of nitrogens with zero attached hydrogens (tertiary/aromatic N) is 2. The van der Waals surface area contributed by atoms with Gasteiger partial charge in [-0.15, -0.1) is 0 Å². The number of rotatable bonds is 8. The average molecular weight is 494 g/mol. The molecule has 1 unspecified atom stereocenters. The lowest BCUT2D eigenvalue weighted by molar-refractivity contribution is 0.428. The summed E-state index contributed by atoms with van der Waals surface area (Å²) in [7, 11) is -3.99. The highest BCUT2D eigenvalue weighted by molar-refractivity contribution is 7.94. The van der Waals surface area contributed by atoms with E-state index in [4.69, 9.17) is 8.94 Å². The fourth-order valence-electron chi connectivity index (χ4n) is 5.31. The van der Waals surface area contributed by atoms with Crippen LogP contribution in [0.5, 0.6) is 0 Å². The molecule has 5 rings (SSSR count). The van der Waals surface area contributed by atoms with Crippen LogP contribution in [-0.2, 0) is 10.0 Å². The van der Waals surface area contributed by atoms with Crippen molar-refractivity contribution in [2.75, 3.05) is 4.72 Å². The second-order valence-electron chi connectivity index (χ2n) is 10.1. The summed E-state index contributed by atoms with van der Waals surface area (Å²) in [5, 5.41) is 3.96. The minimum absolute atomic E-state index is 0.165. The molecule has 1 fully saturated rings. The third-order valence-corrected chi connectivity index (χ3v) is 9.55. The molecule has 2 aliphatic carbocycles. The Hall–Kier alpha value is -3.13. The van der Waals surface area contributed by atoms with Crippen molar-refractivity contribution >= 4 is 27.1 Å². The van der Waals surface area contributed by atoms with Gasteiger partial charge in [-0.25, -0.2) is 18.1 Å². The van der Waals surface area contributed by atoms with Crippen molar-refractivity contribution < 1.29 is 17.4 Å². The van der Waals surface area contributed by atoms with Gasteiger partial charge in [0.05, 0.1) is 11.9 Å². The maximum atomic E-state index is 14.5. The first-order valence-electron chi connectivity index (χ1n) is 12.0. The molecule has 0 radical (unpaired) electrons. The number of sulfonamides is 1. The van der Waals surface area contributed by atoms with Crippen LogP contribution in [0, 0.1) is 31.6 Å². The van der Waals surface area contributed by atoms with Crippen molar-refractivity contribution in [1.29, 1.82) is 0 Å². The number of hydrogen-bond acceptors (Lipinski definition) is 6. The number of aromatic nitrogens is 2. The molecular formula is C27H31N3O4S. The molecule has 3 aromatic rings. The smallest absolute Gasteiger partial charge is 0.245 e. The monoisotopic (exact) mass is 493 g/mol. The SMILES string of the molecule is Cc1noc(NS(=O)(=O)C2(C[C@@H]3C[C@@H]3C(C)C)CC(c3ncco3)=CC=C2c2ccccc2)c1C. The van der Waals surface area contributed by atoms with Gasteiger partial charge in [0.2, 0.25) is 21.8 Å². The van der Waals surface area contributed by atoms with Crippen LogP contribution in [0.2, 0.25) is 0 Å². The number of nitrogens with one attached hydrogen (secondary N) is 1. The fourth-order valence-corrected chi connectivity index (χ4v) is 7.20. The average Bonchev–Trinajstić information content (AvgIpc) is 3.25.